The lowest BCUT2D eigenvalue weighted by Crippen LogP contribution is -2.47. The molecule has 0 radical (unpaired) electrons. The maximum atomic E-state index is 13.0. The highest BCUT2D eigenvalue weighted by atomic mass is 35.5. The Morgan fingerprint density at radius 1 is 1.23 bits per heavy atom. The van der Waals surface area contributed by atoms with Gasteiger partial charge in [-0.25, -0.2) is 4.79 Å². The second-order valence-corrected chi connectivity index (χ2v) is 8.30. The number of carbonyl (C=O) groups is 3. The topological polar surface area (TPSA) is 97.0 Å². The highest BCUT2D eigenvalue weighted by Gasteiger charge is 2.48. The third-order valence-electron chi connectivity index (χ3n) is 5.37. The average molecular weight is 444 g/mol. The van der Waals surface area contributed by atoms with Crippen LogP contribution in [-0.2, 0) is 16.0 Å². The van der Waals surface area contributed by atoms with Crippen LogP contribution in [0.15, 0.2) is 42.5 Å². The van der Waals surface area contributed by atoms with E-state index in [4.69, 9.17) is 21.1 Å². The molecule has 4 rings (SSSR count). The fourth-order valence-corrected chi connectivity index (χ4v) is 3.96. The summed E-state index contributed by atoms with van der Waals surface area (Å²) in [5.41, 5.74) is 0.468. The van der Waals surface area contributed by atoms with Crippen LogP contribution in [-0.4, -0.2) is 41.6 Å². The molecular formula is C22H22ClN3O5. The van der Waals surface area contributed by atoms with E-state index >= 15 is 0 Å². The number of carbonyl (C=O) groups excluding carboxylic acids is 3. The van der Waals surface area contributed by atoms with Gasteiger partial charge in [0.2, 0.25) is 12.7 Å². The van der Waals surface area contributed by atoms with Crippen molar-refractivity contribution in [2.75, 3.05) is 13.3 Å². The van der Waals surface area contributed by atoms with E-state index in [1.54, 1.807) is 44.2 Å². The molecular weight excluding hydrogens is 422 g/mol. The molecule has 1 saturated heterocycles. The molecule has 9 heteroatoms. The van der Waals surface area contributed by atoms with Crippen LogP contribution in [0, 0.1) is 0 Å². The number of imide groups is 1. The fraction of sp³-hybridized carbons (Fsp3) is 0.318. The van der Waals surface area contributed by atoms with Gasteiger partial charge in [-0.1, -0.05) is 29.8 Å². The summed E-state index contributed by atoms with van der Waals surface area (Å²) in [6, 6.07) is 11.6. The highest BCUT2D eigenvalue weighted by molar-refractivity contribution is 6.30. The molecule has 2 aliphatic heterocycles. The second kappa shape index (κ2) is 8.11. The first-order valence-corrected chi connectivity index (χ1v) is 10.2. The van der Waals surface area contributed by atoms with Gasteiger partial charge in [0.25, 0.3) is 5.91 Å². The predicted octanol–water partition coefficient (Wildman–Crippen LogP) is 2.80. The summed E-state index contributed by atoms with van der Waals surface area (Å²) in [6.45, 7) is 3.23. The van der Waals surface area contributed by atoms with Crippen LogP contribution in [0.3, 0.4) is 0 Å². The molecule has 0 aliphatic carbocycles. The third kappa shape index (κ3) is 4.29. The molecule has 0 bridgehead atoms. The Labute approximate surface area is 184 Å². The number of urea groups is 1. The van der Waals surface area contributed by atoms with Crippen molar-refractivity contribution in [3.05, 3.63) is 58.6 Å². The minimum atomic E-state index is -1.16. The summed E-state index contributed by atoms with van der Waals surface area (Å²) in [7, 11) is 0. The van der Waals surface area contributed by atoms with Gasteiger partial charge >= 0.3 is 6.03 Å². The number of nitrogens with zero attached hydrogens (tertiary/aromatic N) is 1. The number of benzene rings is 2. The first kappa shape index (κ1) is 21.0. The minimum Gasteiger partial charge on any atom is -0.454 e. The zero-order valence-electron chi connectivity index (χ0n) is 17.1. The lowest BCUT2D eigenvalue weighted by Gasteiger charge is -2.22. The van der Waals surface area contributed by atoms with Crippen LogP contribution >= 0.6 is 11.6 Å². The smallest absolute Gasteiger partial charge is 0.325 e. The van der Waals surface area contributed by atoms with E-state index in [9.17, 15) is 14.4 Å². The second-order valence-electron chi connectivity index (χ2n) is 7.86. The lowest BCUT2D eigenvalue weighted by molar-refractivity contribution is -0.134. The van der Waals surface area contributed by atoms with Crippen molar-refractivity contribution < 1.29 is 23.9 Å². The lowest BCUT2D eigenvalue weighted by atomic mass is 9.92. The quantitative estimate of drug-likeness (QED) is 0.669. The van der Waals surface area contributed by atoms with Gasteiger partial charge in [-0.05, 0) is 49.2 Å². The molecule has 0 spiro atoms. The molecule has 2 heterocycles. The highest BCUT2D eigenvalue weighted by Crippen LogP contribution is 2.34. The van der Waals surface area contributed by atoms with Crippen LogP contribution in [0.2, 0.25) is 5.02 Å². The van der Waals surface area contributed by atoms with Crippen LogP contribution < -0.4 is 20.1 Å². The summed E-state index contributed by atoms with van der Waals surface area (Å²) in [5.74, 6) is 0.343. The molecule has 2 atom stereocenters. The Kier molecular flexibility index (Phi) is 5.49. The standard InChI is InChI=1S/C22H22ClN3O5/c1-13(15-4-3-5-16(23)9-15)24-19(27)11-26-20(28)22(2,25-21(26)29)10-14-6-7-17-18(8-14)31-12-30-17/h3-9,13H,10-12H2,1-2H3,(H,24,27)(H,25,29). The number of halogens is 1. The van der Waals surface area contributed by atoms with Crippen LogP contribution in [0.1, 0.15) is 31.0 Å². The van der Waals surface area contributed by atoms with Gasteiger partial charge in [-0.2, -0.15) is 0 Å². The maximum absolute atomic E-state index is 13.0. The van der Waals surface area contributed by atoms with Crippen molar-refractivity contribution >= 4 is 29.4 Å². The Morgan fingerprint density at radius 2 is 2.00 bits per heavy atom. The molecule has 2 aromatic rings. The number of hydrogen-bond acceptors (Lipinski definition) is 5. The van der Waals surface area contributed by atoms with Crippen molar-refractivity contribution in [1.82, 2.24) is 15.5 Å². The molecule has 0 aromatic heterocycles. The molecule has 2 aromatic carbocycles. The van der Waals surface area contributed by atoms with Gasteiger partial charge in [0, 0.05) is 11.4 Å². The summed E-state index contributed by atoms with van der Waals surface area (Å²) in [5, 5.41) is 6.07. The van der Waals surface area contributed by atoms with Gasteiger partial charge in [0.05, 0.1) is 6.04 Å². The number of nitrogens with one attached hydrogen (secondary N) is 2. The number of hydrogen-bond donors (Lipinski definition) is 2. The fourth-order valence-electron chi connectivity index (χ4n) is 3.76. The molecule has 2 unspecified atom stereocenters. The molecule has 0 saturated carbocycles. The van der Waals surface area contributed by atoms with Crippen molar-refractivity contribution in [2.24, 2.45) is 0 Å². The number of amides is 4. The summed E-state index contributed by atoms with van der Waals surface area (Å²) < 4.78 is 10.7. The largest absolute Gasteiger partial charge is 0.454 e. The first-order chi connectivity index (χ1) is 14.7. The van der Waals surface area contributed by atoms with Crippen molar-refractivity contribution in [3.63, 3.8) is 0 Å². The summed E-state index contributed by atoms with van der Waals surface area (Å²) >= 11 is 6.00. The predicted molar refractivity (Wildman–Crippen MR) is 113 cm³/mol. The third-order valence-corrected chi connectivity index (χ3v) is 5.60. The number of ether oxygens (including phenoxy) is 2. The molecule has 2 aliphatic rings. The van der Waals surface area contributed by atoms with Gasteiger partial charge in [0.15, 0.2) is 11.5 Å². The average Bonchev–Trinajstić information content (AvgIpc) is 3.26. The van der Waals surface area contributed by atoms with Gasteiger partial charge < -0.3 is 20.1 Å². The monoisotopic (exact) mass is 443 g/mol. The number of rotatable bonds is 6. The summed E-state index contributed by atoms with van der Waals surface area (Å²) in [6.07, 6.45) is 0.255. The zero-order valence-corrected chi connectivity index (χ0v) is 17.9. The zero-order chi connectivity index (χ0) is 22.2. The molecule has 31 heavy (non-hydrogen) atoms. The van der Waals surface area contributed by atoms with Crippen LogP contribution in [0.25, 0.3) is 0 Å². The first-order valence-electron chi connectivity index (χ1n) is 9.83. The molecule has 2 N–H and O–H groups in total. The van der Waals surface area contributed by atoms with Crippen LogP contribution in [0.5, 0.6) is 11.5 Å². The molecule has 8 nitrogen and oxygen atoms in total. The molecule has 162 valence electrons. The van der Waals surface area contributed by atoms with Crippen molar-refractivity contribution in [3.8, 4) is 11.5 Å². The Balaban J connectivity index is 1.41. The number of fused-ring (bicyclic) bond motifs is 1. The Hall–Kier alpha value is -3.26. The van der Waals surface area contributed by atoms with Crippen molar-refractivity contribution in [2.45, 2.75) is 31.8 Å². The normalized spacial score (nSPS) is 20.5. The Bertz CT molecular complexity index is 1060. The van der Waals surface area contributed by atoms with Gasteiger partial charge in [-0.3, -0.25) is 14.5 Å². The van der Waals surface area contributed by atoms with Gasteiger partial charge in [-0.15, -0.1) is 0 Å². The minimum absolute atomic E-state index is 0.155. The van der Waals surface area contributed by atoms with E-state index in [0.29, 0.717) is 16.5 Å². The molecule has 4 amide bonds. The van der Waals surface area contributed by atoms with E-state index < -0.39 is 23.4 Å². The van der Waals surface area contributed by atoms with E-state index in [0.717, 1.165) is 16.0 Å². The van der Waals surface area contributed by atoms with Crippen LogP contribution in [0.4, 0.5) is 4.79 Å². The Morgan fingerprint density at radius 3 is 2.77 bits per heavy atom. The SMILES string of the molecule is CC(NC(=O)CN1C(=O)NC(C)(Cc2ccc3c(c2)OCO3)C1=O)c1cccc(Cl)c1. The van der Waals surface area contributed by atoms with E-state index in [1.165, 1.54) is 0 Å². The summed E-state index contributed by atoms with van der Waals surface area (Å²) in [4.78, 5) is 38.9. The van der Waals surface area contributed by atoms with Gasteiger partial charge in [0.1, 0.15) is 12.1 Å². The maximum Gasteiger partial charge on any atom is 0.325 e. The van der Waals surface area contributed by atoms with E-state index in [2.05, 4.69) is 10.6 Å². The van der Waals surface area contributed by atoms with E-state index in [1.807, 2.05) is 12.1 Å². The van der Waals surface area contributed by atoms with E-state index in [-0.39, 0.29) is 25.8 Å². The molecule has 1 fully saturated rings. The van der Waals surface area contributed by atoms with Crippen molar-refractivity contribution in [1.29, 1.82) is 0 Å².